The van der Waals surface area contributed by atoms with Crippen LogP contribution in [0.4, 0.5) is 21.5 Å². The van der Waals surface area contributed by atoms with E-state index >= 15 is 0 Å². The molecule has 1 aromatic carbocycles. The van der Waals surface area contributed by atoms with Gasteiger partial charge in [-0.2, -0.15) is 0 Å². The number of nitro benzene ring substituents is 1. The average molecular weight is 523 g/mol. The van der Waals surface area contributed by atoms with E-state index in [4.69, 9.17) is 9.31 Å². The van der Waals surface area contributed by atoms with Crippen molar-refractivity contribution >= 4 is 29.9 Å². The molecule has 9 nitrogen and oxygen atoms in total. The van der Waals surface area contributed by atoms with E-state index in [0.717, 1.165) is 56.7 Å². The molecule has 0 radical (unpaired) electrons. The lowest BCUT2D eigenvalue weighted by molar-refractivity contribution is -0.385. The number of hydrogen-bond acceptors (Lipinski definition) is 8. The van der Waals surface area contributed by atoms with E-state index in [-0.39, 0.29) is 5.69 Å². The summed E-state index contributed by atoms with van der Waals surface area (Å²) >= 11 is 0. The van der Waals surface area contributed by atoms with Crippen LogP contribution in [0.2, 0.25) is 0 Å². The van der Waals surface area contributed by atoms with Gasteiger partial charge in [0.1, 0.15) is 0 Å². The molecule has 1 spiro atoms. The smallest absolute Gasteiger partial charge is 0.397 e. The number of hydrogen-bond donors (Lipinski definition) is 0. The molecule has 38 heavy (non-hydrogen) atoms. The molecule has 3 saturated heterocycles. The van der Waals surface area contributed by atoms with Gasteiger partial charge in [-0.1, -0.05) is 0 Å². The summed E-state index contributed by atoms with van der Waals surface area (Å²) in [6, 6.07) is 3.95. The third-order valence-corrected chi connectivity index (χ3v) is 9.62. The first-order valence-corrected chi connectivity index (χ1v) is 13.6. The maximum atomic E-state index is 14.4. The molecule has 2 aromatic rings. The van der Waals surface area contributed by atoms with Crippen molar-refractivity contribution < 1.29 is 18.6 Å². The van der Waals surface area contributed by atoms with Crippen molar-refractivity contribution in [3.05, 3.63) is 46.5 Å². The molecule has 6 rings (SSSR count). The number of nitro groups is 1. The summed E-state index contributed by atoms with van der Waals surface area (Å²) in [7, 11) is -0.549. The van der Waals surface area contributed by atoms with Gasteiger partial charge in [0.25, 0.3) is 5.69 Å². The summed E-state index contributed by atoms with van der Waals surface area (Å²) in [5.74, 6) is 0.875. The number of piperidine rings is 1. The van der Waals surface area contributed by atoms with Crippen LogP contribution in [0, 0.1) is 33.2 Å². The normalized spacial score (nSPS) is 24.4. The largest absolute Gasteiger partial charge is 0.534 e. The average Bonchev–Trinajstić information content (AvgIpc) is 3.05. The van der Waals surface area contributed by atoms with E-state index in [2.05, 4.69) is 14.9 Å². The summed E-state index contributed by atoms with van der Waals surface area (Å²) in [6.07, 6.45) is 8.32. The van der Waals surface area contributed by atoms with E-state index in [9.17, 15) is 14.5 Å². The summed E-state index contributed by atoms with van der Waals surface area (Å²) in [4.78, 5) is 23.8. The van der Waals surface area contributed by atoms with Crippen molar-refractivity contribution in [1.82, 2.24) is 9.97 Å². The Hall–Kier alpha value is -2.79. The van der Waals surface area contributed by atoms with E-state index in [1.54, 1.807) is 6.07 Å². The van der Waals surface area contributed by atoms with Gasteiger partial charge in [0.05, 0.1) is 46.0 Å². The minimum Gasteiger partial charge on any atom is -0.397 e. The van der Waals surface area contributed by atoms with Gasteiger partial charge < -0.3 is 19.1 Å². The number of halogens is 1. The zero-order valence-corrected chi connectivity index (χ0v) is 22.5. The molecule has 4 heterocycles. The van der Waals surface area contributed by atoms with Gasteiger partial charge in [-0.15, -0.1) is 0 Å². The van der Waals surface area contributed by atoms with Crippen LogP contribution in [0.5, 0.6) is 0 Å². The predicted octanol–water partition coefficient (Wildman–Crippen LogP) is 3.96. The first kappa shape index (κ1) is 25.5. The van der Waals surface area contributed by atoms with Crippen molar-refractivity contribution in [2.24, 2.45) is 17.3 Å². The number of anilines is 2. The first-order chi connectivity index (χ1) is 18.0. The molecule has 3 aliphatic heterocycles. The molecule has 0 amide bonds. The SMILES string of the molecule is CC1(C)OB(c2ncc(N3CC4(CC(C5CCN(c6ccc([N+](=O)[O-])cc6F)CC5)C4)C3)cn2)OC1(C)C. The van der Waals surface area contributed by atoms with Gasteiger partial charge >= 0.3 is 7.12 Å². The highest BCUT2D eigenvalue weighted by Crippen LogP contribution is 2.56. The summed E-state index contributed by atoms with van der Waals surface area (Å²) in [5.41, 5.74) is 1.44. The zero-order chi connectivity index (χ0) is 26.9. The molecule has 0 unspecified atom stereocenters. The van der Waals surface area contributed by atoms with Gasteiger partial charge in [0.2, 0.25) is 0 Å². The molecule has 202 valence electrons. The molecule has 1 aromatic heterocycles. The molecular formula is C27H35BFN5O4. The molecule has 1 saturated carbocycles. The maximum Gasteiger partial charge on any atom is 0.534 e. The maximum absolute atomic E-state index is 14.4. The number of nitrogens with zero attached hydrogens (tertiary/aromatic N) is 5. The Morgan fingerprint density at radius 2 is 1.61 bits per heavy atom. The molecule has 4 fully saturated rings. The van der Waals surface area contributed by atoms with E-state index in [0.29, 0.717) is 22.7 Å². The fourth-order valence-corrected chi connectivity index (χ4v) is 6.63. The van der Waals surface area contributed by atoms with Crippen LogP contribution >= 0.6 is 0 Å². The quantitative estimate of drug-likeness (QED) is 0.331. The fraction of sp³-hybridized carbons (Fsp3) is 0.630. The van der Waals surface area contributed by atoms with Crippen LogP contribution in [0.25, 0.3) is 0 Å². The highest BCUT2D eigenvalue weighted by molar-refractivity contribution is 6.60. The molecule has 0 N–H and O–H groups in total. The summed E-state index contributed by atoms with van der Waals surface area (Å²) < 4.78 is 26.6. The number of non-ortho nitro benzene ring substituents is 1. The summed E-state index contributed by atoms with van der Waals surface area (Å²) in [6.45, 7) is 11.8. The van der Waals surface area contributed by atoms with Crippen molar-refractivity contribution in [2.75, 3.05) is 36.0 Å². The third-order valence-electron chi connectivity index (χ3n) is 9.62. The van der Waals surface area contributed by atoms with Crippen LogP contribution < -0.4 is 15.5 Å². The second kappa shape index (κ2) is 8.88. The van der Waals surface area contributed by atoms with Crippen molar-refractivity contribution in [3.63, 3.8) is 0 Å². The highest BCUT2D eigenvalue weighted by Gasteiger charge is 2.55. The topological polar surface area (TPSA) is 93.9 Å². The van der Waals surface area contributed by atoms with Crippen LogP contribution in [-0.4, -0.2) is 59.4 Å². The van der Waals surface area contributed by atoms with Gasteiger partial charge in [-0.05, 0) is 71.3 Å². The van der Waals surface area contributed by atoms with Crippen molar-refractivity contribution in [2.45, 2.75) is 64.6 Å². The standard InChI is InChI=1S/C27H35BFN5O4/c1-25(2)26(3,4)38-28(37-25)24-30-14-21(15-31-24)33-16-27(17-33)12-19(13-27)18-7-9-32(10-8-18)23-6-5-20(34(35)36)11-22(23)29/h5-6,11,14-15,18-19H,7-10,12-13,16-17H2,1-4H3. The third kappa shape index (κ3) is 4.33. The van der Waals surface area contributed by atoms with Gasteiger partial charge in [-0.3, -0.25) is 10.1 Å². The Kier molecular flexibility index (Phi) is 5.95. The number of rotatable bonds is 5. The van der Waals surface area contributed by atoms with Gasteiger partial charge in [0, 0.05) is 37.7 Å². The zero-order valence-electron chi connectivity index (χ0n) is 22.5. The Bertz CT molecular complexity index is 1200. The monoisotopic (exact) mass is 523 g/mol. The molecular weight excluding hydrogens is 488 g/mol. The minimum absolute atomic E-state index is 0.206. The minimum atomic E-state index is -0.559. The van der Waals surface area contributed by atoms with Crippen molar-refractivity contribution in [3.8, 4) is 0 Å². The second-order valence-electron chi connectivity index (χ2n) is 12.6. The second-order valence-corrected chi connectivity index (χ2v) is 12.6. The molecule has 0 bridgehead atoms. The molecule has 0 atom stereocenters. The fourth-order valence-electron chi connectivity index (χ4n) is 6.63. The van der Waals surface area contributed by atoms with E-state index in [1.807, 2.05) is 45.0 Å². The summed E-state index contributed by atoms with van der Waals surface area (Å²) in [5, 5.41) is 10.9. The predicted molar refractivity (Wildman–Crippen MR) is 143 cm³/mol. The molecule has 4 aliphatic rings. The Morgan fingerprint density at radius 1 is 1.00 bits per heavy atom. The van der Waals surface area contributed by atoms with Gasteiger partial charge in [-0.25, -0.2) is 14.4 Å². The number of aromatic nitrogens is 2. The van der Waals surface area contributed by atoms with Crippen LogP contribution in [0.15, 0.2) is 30.6 Å². The first-order valence-electron chi connectivity index (χ1n) is 13.6. The van der Waals surface area contributed by atoms with Gasteiger partial charge in [0.15, 0.2) is 11.5 Å². The highest BCUT2D eigenvalue weighted by atomic mass is 19.1. The van der Waals surface area contributed by atoms with Crippen LogP contribution in [0.3, 0.4) is 0 Å². The molecule has 11 heteroatoms. The Labute approximate surface area is 223 Å². The molecule has 1 aliphatic carbocycles. The number of benzene rings is 1. The van der Waals surface area contributed by atoms with E-state index in [1.165, 1.54) is 18.9 Å². The van der Waals surface area contributed by atoms with Crippen LogP contribution in [-0.2, 0) is 9.31 Å². The Morgan fingerprint density at radius 3 is 2.16 bits per heavy atom. The van der Waals surface area contributed by atoms with Crippen molar-refractivity contribution in [1.29, 1.82) is 0 Å². The lowest BCUT2D eigenvalue weighted by Gasteiger charge is -2.61. The van der Waals surface area contributed by atoms with Crippen LogP contribution in [0.1, 0.15) is 53.4 Å². The lowest BCUT2D eigenvalue weighted by Crippen LogP contribution is -2.63. The Balaban J connectivity index is 0.974. The lowest BCUT2D eigenvalue weighted by atomic mass is 9.53. The van der Waals surface area contributed by atoms with E-state index < -0.39 is 29.1 Å².